The fourth-order valence-corrected chi connectivity index (χ4v) is 4.15. The monoisotopic (exact) mass is 449 g/mol. The maximum absolute atomic E-state index is 12.8. The van der Waals surface area contributed by atoms with Gasteiger partial charge in [-0.3, -0.25) is 9.36 Å². The molecule has 0 bridgehead atoms. The molecule has 0 radical (unpaired) electrons. The van der Waals surface area contributed by atoms with Gasteiger partial charge in [0.15, 0.2) is 11.2 Å². The highest BCUT2D eigenvalue weighted by Gasteiger charge is 2.15. The van der Waals surface area contributed by atoms with Gasteiger partial charge in [0.1, 0.15) is 0 Å². The number of hydrogen-bond donors (Lipinski definition) is 2. The van der Waals surface area contributed by atoms with Gasteiger partial charge in [-0.25, -0.2) is 4.98 Å². The van der Waals surface area contributed by atoms with E-state index in [1.807, 2.05) is 41.0 Å². The van der Waals surface area contributed by atoms with Crippen LogP contribution in [0.5, 0.6) is 0 Å². The maximum Gasteiger partial charge on any atom is 0.300 e. The number of nitrogen functional groups attached to an aromatic ring is 1. The Morgan fingerprint density at radius 1 is 0.912 bits per heavy atom. The topological polar surface area (TPSA) is 133 Å². The Morgan fingerprint density at radius 3 is 2.50 bits per heavy atom. The smallest absolute Gasteiger partial charge is 0.300 e. The molecule has 0 atom stereocenters. The molecule has 0 aliphatic heterocycles. The summed E-state index contributed by atoms with van der Waals surface area (Å²) in [5.41, 5.74) is 9.54. The first-order chi connectivity index (χ1) is 16.7. The van der Waals surface area contributed by atoms with Gasteiger partial charge in [0.25, 0.3) is 0 Å². The lowest BCUT2D eigenvalue weighted by Crippen LogP contribution is -2.20. The zero-order valence-corrected chi connectivity index (χ0v) is 18.0. The van der Waals surface area contributed by atoms with Crippen molar-refractivity contribution in [1.82, 2.24) is 39.7 Å². The Bertz CT molecular complexity index is 1680. The number of anilines is 1. The Balaban J connectivity index is 1.35. The Labute approximate surface area is 192 Å². The third-order valence-electron chi connectivity index (χ3n) is 5.83. The van der Waals surface area contributed by atoms with E-state index in [0.29, 0.717) is 30.1 Å². The molecule has 3 N–H and O–H groups in total. The molecule has 3 aromatic carbocycles. The van der Waals surface area contributed by atoms with Gasteiger partial charge in [-0.2, -0.15) is 10.2 Å². The van der Waals surface area contributed by atoms with E-state index < -0.39 is 5.56 Å². The second-order valence-corrected chi connectivity index (χ2v) is 8.02. The fourth-order valence-electron chi connectivity index (χ4n) is 4.15. The molecule has 3 aromatic heterocycles. The molecular weight excluding hydrogens is 430 g/mol. The van der Waals surface area contributed by atoms with Gasteiger partial charge in [0.2, 0.25) is 11.8 Å². The molecule has 3 heterocycles. The van der Waals surface area contributed by atoms with E-state index in [-0.39, 0.29) is 5.95 Å². The zero-order valence-electron chi connectivity index (χ0n) is 18.0. The second kappa shape index (κ2) is 7.93. The molecule has 6 aromatic rings. The largest absolute Gasteiger partial charge is 0.369 e. The van der Waals surface area contributed by atoms with E-state index in [1.165, 1.54) is 5.39 Å². The molecule has 0 saturated carbocycles. The second-order valence-electron chi connectivity index (χ2n) is 8.02. The van der Waals surface area contributed by atoms with Gasteiger partial charge in [-0.05, 0) is 33.2 Å². The van der Waals surface area contributed by atoms with Crippen LogP contribution < -0.4 is 11.3 Å². The number of aromatic nitrogens is 8. The number of nitrogens with two attached hydrogens (primary N) is 1. The minimum atomic E-state index is -0.394. The summed E-state index contributed by atoms with van der Waals surface area (Å²) in [6.07, 6.45) is 1.66. The van der Waals surface area contributed by atoms with E-state index in [1.54, 1.807) is 10.9 Å². The normalized spacial score (nSPS) is 11.4. The first kappa shape index (κ1) is 19.8. The predicted octanol–water partition coefficient (Wildman–Crippen LogP) is 2.61. The van der Waals surface area contributed by atoms with Crippen LogP contribution in [-0.4, -0.2) is 39.7 Å². The highest BCUT2D eigenvalue weighted by Crippen LogP contribution is 2.20. The summed E-state index contributed by atoms with van der Waals surface area (Å²) in [6.45, 7) is 0.913. The SMILES string of the molecule is Nc1nc(=O)c2c(ncn2Cc2ccc3ccccc3c2)n1Cc1ccc(-c2nn[nH]n2)cc1. The van der Waals surface area contributed by atoms with E-state index in [9.17, 15) is 4.79 Å². The summed E-state index contributed by atoms with van der Waals surface area (Å²) in [5, 5.41) is 16.3. The summed E-state index contributed by atoms with van der Waals surface area (Å²) >= 11 is 0. The highest BCUT2D eigenvalue weighted by molar-refractivity contribution is 5.83. The van der Waals surface area contributed by atoms with Crippen LogP contribution in [0.3, 0.4) is 0 Å². The van der Waals surface area contributed by atoms with Gasteiger partial charge in [-0.15, -0.1) is 10.2 Å². The van der Waals surface area contributed by atoms with Crippen molar-refractivity contribution < 1.29 is 0 Å². The predicted molar refractivity (Wildman–Crippen MR) is 128 cm³/mol. The molecule has 6 rings (SSSR count). The molecule has 10 heteroatoms. The molecule has 0 aliphatic rings. The number of H-pyrrole nitrogens is 1. The summed E-state index contributed by atoms with van der Waals surface area (Å²) in [7, 11) is 0. The zero-order chi connectivity index (χ0) is 23.1. The average Bonchev–Trinajstić information content (AvgIpc) is 3.53. The van der Waals surface area contributed by atoms with E-state index in [0.717, 1.165) is 22.1 Å². The maximum atomic E-state index is 12.8. The first-order valence-corrected chi connectivity index (χ1v) is 10.7. The lowest BCUT2D eigenvalue weighted by atomic mass is 10.1. The summed E-state index contributed by atoms with van der Waals surface area (Å²) < 4.78 is 3.57. The van der Waals surface area contributed by atoms with Crippen molar-refractivity contribution in [3.63, 3.8) is 0 Å². The minimum absolute atomic E-state index is 0.121. The molecule has 0 spiro atoms. The van der Waals surface area contributed by atoms with Crippen molar-refractivity contribution in [1.29, 1.82) is 0 Å². The van der Waals surface area contributed by atoms with Crippen molar-refractivity contribution in [2.24, 2.45) is 0 Å². The van der Waals surface area contributed by atoms with Gasteiger partial charge in [0, 0.05) is 12.1 Å². The number of hydrogen-bond acceptors (Lipinski definition) is 7. The fraction of sp³-hybridized carbons (Fsp3) is 0.0833. The number of nitrogens with one attached hydrogen (secondary N) is 1. The number of aromatic amines is 1. The lowest BCUT2D eigenvalue weighted by molar-refractivity contribution is 0.797. The van der Waals surface area contributed by atoms with Crippen LogP contribution in [0.1, 0.15) is 11.1 Å². The number of tetrazole rings is 1. The molecular formula is C24H19N9O. The highest BCUT2D eigenvalue weighted by atomic mass is 16.1. The van der Waals surface area contributed by atoms with E-state index >= 15 is 0 Å². The molecule has 166 valence electrons. The first-order valence-electron chi connectivity index (χ1n) is 10.7. The van der Waals surface area contributed by atoms with Crippen molar-refractivity contribution in [3.05, 3.63) is 94.5 Å². The van der Waals surface area contributed by atoms with E-state index in [2.05, 4.69) is 60.9 Å². The third kappa shape index (κ3) is 3.47. The lowest BCUT2D eigenvalue weighted by Gasteiger charge is -2.11. The quantitative estimate of drug-likeness (QED) is 0.413. The van der Waals surface area contributed by atoms with Crippen molar-refractivity contribution in [2.75, 3.05) is 5.73 Å². The molecule has 0 saturated heterocycles. The average molecular weight is 449 g/mol. The molecule has 0 unspecified atom stereocenters. The van der Waals surface area contributed by atoms with Crippen LogP contribution in [-0.2, 0) is 13.1 Å². The molecule has 0 fully saturated rings. The number of fused-ring (bicyclic) bond motifs is 2. The van der Waals surface area contributed by atoms with Crippen molar-refractivity contribution in [3.8, 4) is 11.4 Å². The third-order valence-corrected chi connectivity index (χ3v) is 5.83. The summed E-state index contributed by atoms with van der Waals surface area (Å²) in [5.74, 6) is 0.640. The number of rotatable bonds is 5. The van der Waals surface area contributed by atoms with Gasteiger partial charge in [0.05, 0.1) is 12.9 Å². The van der Waals surface area contributed by atoms with Gasteiger partial charge < -0.3 is 10.3 Å². The Kier molecular flexibility index (Phi) is 4.61. The number of nitrogens with zero attached hydrogens (tertiary/aromatic N) is 7. The van der Waals surface area contributed by atoms with Crippen molar-refractivity contribution in [2.45, 2.75) is 13.1 Å². The van der Waals surface area contributed by atoms with Crippen molar-refractivity contribution >= 4 is 27.9 Å². The Morgan fingerprint density at radius 2 is 1.71 bits per heavy atom. The summed E-state index contributed by atoms with van der Waals surface area (Å²) in [4.78, 5) is 21.4. The molecule has 10 nitrogen and oxygen atoms in total. The summed E-state index contributed by atoms with van der Waals surface area (Å²) in [6, 6.07) is 22.1. The van der Waals surface area contributed by atoms with Crippen LogP contribution >= 0.6 is 0 Å². The van der Waals surface area contributed by atoms with Crippen LogP contribution in [0.15, 0.2) is 77.9 Å². The van der Waals surface area contributed by atoms with Gasteiger partial charge >= 0.3 is 5.56 Å². The number of benzene rings is 3. The number of imidazole rings is 1. The van der Waals surface area contributed by atoms with E-state index in [4.69, 9.17) is 5.73 Å². The molecule has 0 amide bonds. The molecule has 34 heavy (non-hydrogen) atoms. The minimum Gasteiger partial charge on any atom is -0.369 e. The molecule has 0 aliphatic carbocycles. The Hall–Kier alpha value is -4.86. The van der Waals surface area contributed by atoms with Gasteiger partial charge in [-0.1, -0.05) is 60.7 Å². The van der Waals surface area contributed by atoms with Crippen LogP contribution in [0.2, 0.25) is 0 Å². The van der Waals surface area contributed by atoms with Crippen LogP contribution in [0.4, 0.5) is 5.95 Å². The standard InChI is InChI=1S/C24H19N9O/c25-24-27-23(34)20-22(33(24)13-15-5-9-18(10-6-15)21-28-30-31-29-21)26-14-32(20)12-16-7-8-17-3-1-2-4-19(17)11-16/h1-11,14H,12-13H2,(H2,25,27,34)(H,28,29,30,31). The van der Waals surface area contributed by atoms with Crippen LogP contribution in [0, 0.1) is 0 Å². The van der Waals surface area contributed by atoms with Crippen LogP contribution in [0.25, 0.3) is 33.3 Å².